The van der Waals surface area contributed by atoms with Gasteiger partial charge in [0.15, 0.2) is 0 Å². The molecule has 17 heavy (non-hydrogen) atoms. The lowest BCUT2D eigenvalue weighted by Crippen LogP contribution is -2.08. The van der Waals surface area contributed by atoms with Crippen LogP contribution in [0.15, 0.2) is 36.5 Å². The number of hydrogen-bond acceptors (Lipinski definition) is 3. The summed E-state index contributed by atoms with van der Waals surface area (Å²) in [5.41, 5.74) is 5.85. The molecule has 4 nitrogen and oxygen atoms in total. The first-order chi connectivity index (χ1) is 8.27. The number of para-hydroxylation sites is 1. The second-order valence-electron chi connectivity index (χ2n) is 3.62. The van der Waals surface area contributed by atoms with E-state index in [1.54, 1.807) is 10.9 Å². The highest BCUT2D eigenvalue weighted by molar-refractivity contribution is 14.1. The summed E-state index contributed by atoms with van der Waals surface area (Å²) in [5.74, 6) is 1.63. The van der Waals surface area contributed by atoms with Gasteiger partial charge in [0.25, 0.3) is 0 Å². The standard InChI is InChI=1S/C12H14IN3O/c13-11-9-15-16(12(11)14)7-4-8-17-10-5-2-1-3-6-10/h1-3,5-6,9H,4,7-8,14H2. The van der Waals surface area contributed by atoms with Gasteiger partial charge in [0.05, 0.1) is 16.4 Å². The fourth-order valence-corrected chi connectivity index (χ4v) is 1.87. The summed E-state index contributed by atoms with van der Waals surface area (Å²) in [6.45, 7) is 1.45. The first-order valence-electron chi connectivity index (χ1n) is 5.42. The van der Waals surface area contributed by atoms with Gasteiger partial charge in [0, 0.05) is 13.0 Å². The molecule has 1 aromatic heterocycles. The van der Waals surface area contributed by atoms with Crippen LogP contribution in [0.4, 0.5) is 5.82 Å². The first-order valence-corrected chi connectivity index (χ1v) is 6.50. The van der Waals surface area contributed by atoms with Crippen LogP contribution in [0.2, 0.25) is 0 Å². The van der Waals surface area contributed by atoms with Crippen LogP contribution in [0.25, 0.3) is 0 Å². The van der Waals surface area contributed by atoms with E-state index >= 15 is 0 Å². The van der Waals surface area contributed by atoms with Gasteiger partial charge in [-0.3, -0.25) is 0 Å². The van der Waals surface area contributed by atoms with Gasteiger partial charge in [-0.2, -0.15) is 5.10 Å². The zero-order valence-electron chi connectivity index (χ0n) is 9.34. The Balaban J connectivity index is 1.75. The minimum atomic E-state index is 0.667. The van der Waals surface area contributed by atoms with Crippen molar-refractivity contribution in [3.05, 3.63) is 40.1 Å². The largest absolute Gasteiger partial charge is 0.494 e. The average molecular weight is 343 g/mol. The van der Waals surface area contributed by atoms with E-state index in [1.807, 2.05) is 30.3 Å². The molecule has 0 radical (unpaired) electrons. The molecule has 2 rings (SSSR count). The summed E-state index contributed by atoms with van der Waals surface area (Å²) in [7, 11) is 0. The second kappa shape index (κ2) is 5.90. The normalized spacial score (nSPS) is 10.4. The number of aromatic nitrogens is 2. The number of anilines is 1. The van der Waals surface area contributed by atoms with Gasteiger partial charge in [0.1, 0.15) is 11.6 Å². The van der Waals surface area contributed by atoms with Crippen molar-refractivity contribution >= 4 is 28.4 Å². The van der Waals surface area contributed by atoms with E-state index < -0.39 is 0 Å². The number of ether oxygens (including phenoxy) is 1. The average Bonchev–Trinajstić information content (AvgIpc) is 2.67. The first kappa shape index (κ1) is 12.2. The van der Waals surface area contributed by atoms with Crippen LogP contribution in [0.1, 0.15) is 6.42 Å². The maximum Gasteiger partial charge on any atom is 0.135 e. The van der Waals surface area contributed by atoms with Crippen molar-refractivity contribution in [1.82, 2.24) is 9.78 Å². The molecule has 0 aliphatic heterocycles. The summed E-state index contributed by atoms with van der Waals surface area (Å²) in [6, 6.07) is 9.79. The van der Waals surface area contributed by atoms with Crippen molar-refractivity contribution in [2.75, 3.05) is 12.3 Å². The lowest BCUT2D eigenvalue weighted by atomic mass is 10.3. The van der Waals surface area contributed by atoms with Gasteiger partial charge in [-0.1, -0.05) is 18.2 Å². The lowest BCUT2D eigenvalue weighted by molar-refractivity contribution is 0.299. The van der Waals surface area contributed by atoms with E-state index in [0.717, 1.165) is 28.1 Å². The van der Waals surface area contributed by atoms with E-state index in [-0.39, 0.29) is 0 Å². The van der Waals surface area contributed by atoms with Crippen LogP contribution in [-0.2, 0) is 6.54 Å². The topological polar surface area (TPSA) is 53.1 Å². The van der Waals surface area contributed by atoms with Gasteiger partial charge in [0.2, 0.25) is 0 Å². The smallest absolute Gasteiger partial charge is 0.135 e. The maximum atomic E-state index is 5.85. The monoisotopic (exact) mass is 343 g/mol. The summed E-state index contributed by atoms with van der Waals surface area (Å²) in [5, 5.41) is 4.19. The van der Waals surface area contributed by atoms with E-state index in [9.17, 15) is 0 Å². The highest BCUT2D eigenvalue weighted by Crippen LogP contribution is 2.14. The van der Waals surface area contributed by atoms with Crippen molar-refractivity contribution < 1.29 is 4.74 Å². The zero-order chi connectivity index (χ0) is 12.1. The maximum absolute atomic E-state index is 5.85. The molecule has 0 fully saturated rings. The summed E-state index contributed by atoms with van der Waals surface area (Å²) in [6.07, 6.45) is 2.66. The summed E-state index contributed by atoms with van der Waals surface area (Å²) >= 11 is 2.18. The summed E-state index contributed by atoms with van der Waals surface area (Å²) in [4.78, 5) is 0. The Labute approximate surface area is 114 Å². The minimum Gasteiger partial charge on any atom is -0.494 e. The molecule has 0 bridgehead atoms. The Morgan fingerprint density at radius 3 is 2.71 bits per heavy atom. The Morgan fingerprint density at radius 1 is 1.29 bits per heavy atom. The van der Waals surface area contributed by atoms with Crippen molar-refractivity contribution in [3.63, 3.8) is 0 Å². The molecule has 0 unspecified atom stereocenters. The second-order valence-corrected chi connectivity index (χ2v) is 4.78. The molecule has 2 aromatic rings. The molecule has 0 saturated carbocycles. The number of rotatable bonds is 5. The van der Waals surface area contributed by atoms with E-state index in [2.05, 4.69) is 27.7 Å². The van der Waals surface area contributed by atoms with Gasteiger partial charge in [-0.05, 0) is 34.7 Å². The Bertz CT molecular complexity index is 470. The molecule has 0 amide bonds. The molecule has 0 spiro atoms. The predicted molar refractivity (Wildman–Crippen MR) is 75.9 cm³/mol. The van der Waals surface area contributed by atoms with Gasteiger partial charge >= 0.3 is 0 Å². The quantitative estimate of drug-likeness (QED) is 0.671. The number of benzene rings is 1. The molecule has 1 heterocycles. The van der Waals surface area contributed by atoms with Crippen LogP contribution in [0.3, 0.4) is 0 Å². The third kappa shape index (κ3) is 3.36. The highest BCUT2D eigenvalue weighted by Gasteiger charge is 2.03. The van der Waals surface area contributed by atoms with Gasteiger partial charge in [-0.15, -0.1) is 0 Å². The molecular weight excluding hydrogens is 329 g/mol. The molecule has 1 aromatic carbocycles. The van der Waals surface area contributed by atoms with Crippen LogP contribution in [0, 0.1) is 3.57 Å². The molecular formula is C12H14IN3O. The SMILES string of the molecule is Nc1c(I)cnn1CCCOc1ccccc1. The van der Waals surface area contributed by atoms with Gasteiger partial charge < -0.3 is 10.5 Å². The number of nitrogens with zero attached hydrogens (tertiary/aromatic N) is 2. The molecule has 2 N–H and O–H groups in total. The predicted octanol–water partition coefficient (Wildman–Crippen LogP) is 2.54. The Hall–Kier alpha value is -1.24. The fraction of sp³-hybridized carbons (Fsp3) is 0.250. The number of hydrogen-bond donors (Lipinski definition) is 1. The lowest BCUT2D eigenvalue weighted by Gasteiger charge is -2.06. The van der Waals surface area contributed by atoms with Crippen LogP contribution < -0.4 is 10.5 Å². The number of halogens is 1. The number of nitrogen functional groups attached to an aromatic ring is 1. The van der Waals surface area contributed by atoms with Crippen molar-refractivity contribution in [3.8, 4) is 5.75 Å². The van der Waals surface area contributed by atoms with Crippen LogP contribution in [0.5, 0.6) is 5.75 Å². The molecule has 5 heteroatoms. The van der Waals surface area contributed by atoms with Crippen molar-refractivity contribution in [1.29, 1.82) is 0 Å². The van der Waals surface area contributed by atoms with E-state index in [4.69, 9.17) is 10.5 Å². The Morgan fingerprint density at radius 2 is 2.06 bits per heavy atom. The zero-order valence-corrected chi connectivity index (χ0v) is 11.5. The Kier molecular flexibility index (Phi) is 4.24. The van der Waals surface area contributed by atoms with Crippen molar-refractivity contribution in [2.24, 2.45) is 0 Å². The minimum absolute atomic E-state index is 0.667. The van der Waals surface area contributed by atoms with Crippen LogP contribution in [-0.4, -0.2) is 16.4 Å². The number of aryl methyl sites for hydroxylation is 1. The third-order valence-corrected chi connectivity index (χ3v) is 3.19. The summed E-state index contributed by atoms with van der Waals surface area (Å²) < 4.78 is 8.38. The molecule has 0 aliphatic carbocycles. The molecule has 90 valence electrons. The molecule has 0 saturated heterocycles. The highest BCUT2D eigenvalue weighted by atomic mass is 127. The number of nitrogens with two attached hydrogens (primary N) is 1. The molecule has 0 aliphatic rings. The van der Waals surface area contributed by atoms with E-state index in [1.165, 1.54) is 0 Å². The molecule has 0 atom stereocenters. The van der Waals surface area contributed by atoms with E-state index in [0.29, 0.717) is 6.61 Å². The van der Waals surface area contributed by atoms with Crippen LogP contribution >= 0.6 is 22.6 Å². The fourth-order valence-electron chi connectivity index (χ4n) is 1.47. The van der Waals surface area contributed by atoms with Crippen molar-refractivity contribution in [2.45, 2.75) is 13.0 Å². The third-order valence-electron chi connectivity index (χ3n) is 2.36. The van der Waals surface area contributed by atoms with Gasteiger partial charge in [-0.25, -0.2) is 4.68 Å².